The number of nitrogens with one attached hydrogen (secondary N) is 2. The Morgan fingerprint density at radius 2 is 2.12 bits per heavy atom. The number of rotatable bonds is 6. The fourth-order valence-corrected chi connectivity index (χ4v) is 1.67. The van der Waals surface area contributed by atoms with Crippen molar-refractivity contribution in [1.29, 1.82) is 0 Å². The topological polar surface area (TPSA) is 78.4 Å². The summed E-state index contributed by atoms with van der Waals surface area (Å²) in [7, 11) is 0. The van der Waals surface area contributed by atoms with Crippen molar-refractivity contribution in [2.45, 2.75) is 45.1 Å². The highest BCUT2D eigenvalue weighted by molar-refractivity contribution is 5.76. The molecule has 0 aliphatic heterocycles. The van der Waals surface area contributed by atoms with Gasteiger partial charge in [-0.05, 0) is 25.7 Å². The maximum absolute atomic E-state index is 11.4. The largest absolute Gasteiger partial charge is 0.481 e. The predicted octanol–water partition coefficient (Wildman–Crippen LogP) is 1.34. The lowest BCUT2D eigenvalue weighted by molar-refractivity contribution is -0.141. The third kappa shape index (κ3) is 4.08. The molecule has 5 heteroatoms. The van der Waals surface area contributed by atoms with Crippen molar-refractivity contribution in [2.75, 3.05) is 6.54 Å². The molecule has 1 rings (SSSR count). The van der Waals surface area contributed by atoms with E-state index in [4.69, 9.17) is 5.11 Å². The zero-order valence-corrected chi connectivity index (χ0v) is 9.66. The van der Waals surface area contributed by atoms with E-state index in [1.807, 2.05) is 6.92 Å². The van der Waals surface area contributed by atoms with Crippen LogP contribution in [0.25, 0.3) is 0 Å². The van der Waals surface area contributed by atoms with Crippen LogP contribution >= 0.6 is 0 Å². The number of hydrogen-bond acceptors (Lipinski definition) is 2. The van der Waals surface area contributed by atoms with Gasteiger partial charge < -0.3 is 15.7 Å². The van der Waals surface area contributed by atoms with Crippen LogP contribution in [0.2, 0.25) is 0 Å². The van der Waals surface area contributed by atoms with E-state index in [9.17, 15) is 9.59 Å². The van der Waals surface area contributed by atoms with Crippen LogP contribution in [0.4, 0.5) is 4.79 Å². The Labute approximate surface area is 95.6 Å². The molecule has 0 aromatic rings. The molecule has 0 aromatic heterocycles. The van der Waals surface area contributed by atoms with Gasteiger partial charge in [-0.25, -0.2) is 4.79 Å². The van der Waals surface area contributed by atoms with Crippen molar-refractivity contribution in [3.05, 3.63) is 0 Å². The number of amides is 2. The van der Waals surface area contributed by atoms with E-state index in [0.717, 1.165) is 19.3 Å². The van der Waals surface area contributed by atoms with E-state index >= 15 is 0 Å². The molecule has 0 saturated heterocycles. The molecule has 1 aliphatic rings. The van der Waals surface area contributed by atoms with Crippen molar-refractivity contribution in [3.63, 3.8) is 0 Å². The van der Waals surface area contributed by atoms with Gasteiger partial charge in [0.15, 0.2) is 0 Å². The summed E-state index contributed by atoms with van der Waals surface area (Å²) in [5.74, 6) is -1.32. The fraction of sp³-hybridized carbons (Fsp3) is 0.818. The van der Waals surface area contributed by atoms with Gasteiger partial charge in [0.2, 0.25) is 0 Å². The van der Waals surface area contributed by atoms with Gasteiger partial charge in [-0.2, -0.15) is 0 Å². The summed E-state index contributed by atoms with van der Waals surface area (Å²) in [5, 5.41) is 14.3. The molecule has 1 aliphatic carbocycles. The van der Waals surface area contributed by atoms with Crippen molar-refractivity contribution >= 4 is 12.0 Å². The van der Waals surface area contributed by atoms with Crippen LogP contribution in [0, 0.1) is 5.92 Å². The molecule has 0 bridgehead atoms. The fourth-order valence-electron chi connectivity index (χ4n) is 1.67. The standard InChI is InChI=1S/C11H20N2O3/c1-2-4-8(10(14)15)7-12-11(16)13-9-5-3-6-9/h8-9H,2-7H2,1H3,(H,14,15)(H2,12,13,16). The molecule has 0 radical (unpaired) electrons. The molecular weight excluding hydrogens is 208 g/mol. The lowest BCUT2D eigenvalue weighted by atomic mass is 9.93. The maximum atomic E-state index is 11.4. The number of carboxylic acid groups (broad SMARTS) is 1. The minimum atomic E-state index is -0.842. The van der Waals surface area contributed by atoms with Crippen molar-refractivity contribution < 1.29 is 14.7 Å². The molecule has 1 unspecified atom stereocenters. The molecule has 2 amide bonds. The van der Waals surface area contributed by atoms with Crippen molar-refractivity contribution in [3.8, 4) is 0 Å². The van der Waals surface area contributed by atoms with Crippen LogP contribution in [-0.4, -0.2) is 29.7 Å². The first kappa shape index (κ1) is 12.8. The lowest BCUT2D eigenvalue weighted by Gasteiger charge is -2.26. The quantitative estimate of drug-likeness (QED) is 0.642. The summed E-state index contributed by atoms with van der Waals surface area (Å²) in [6.45, 7) is 2.14. The van der Waals surface area contributed by atoms with Crippen LogP contribution in [0.3, 0.4) is 0 Å². The molecule has 5 nitrogen and oxygen atoms in total. The SMILES string of the molecule is CCCC(CNC(=O)NC1CCC1)C(=O)O. The molecule has 0 spiro atoms. The number of carbonyl (C=O) groups is 2. The third-order valence-corrected chi connectivity index (χ3v) is 2.94. The molecule has 1 saturated carbocycles. The van der Waals surface area contributed by atoms with E-state index in [1.54, 1.807) is 0 Å². The van der Waals surface area contributed by atoms with Gasteiger partial charge in [0, 0.05) is 12.6 Å². The van der Waals surface area contributed by atoms with Gasteiger partial charge in [-0.1, -0.05) is 13.3 Å². The highest BCUT2D eigenvalue weighted by atomic mass is 16.4. The van der Waals surface area contributed by atoms with Crippen LogP contribution < -0.4 is 10.6 Å². The van der Waals surface area contributed by atoms with Gasteiger partial charge in [-0.3, -0.25) is 4.79 Å². The molecule has 1 fully saturated rings. The first-order valence-electron chi connectivity index (χ1n) is 5.90. The Bertz CT molecular complexity index is 252. The van der Waals surface area contributed by atoms with Crippen molar-refractivity contribution in [1.82, 2.24) is 10.6 Å². The predicted molar refractivity (Wildman–Crippen MR) is 60.2 cm³/mol. The number of carboxylic acids is 1. The van der Waals surface area contributed by atoms with Crippen LogP contribution in [0.1, 0.15) is 39.0 Å². The number of urea groups is 1. The lowest BCUT2D eigenvalue weighted by Crippen LogP contribution is -2.46. The van der Waals surface area contributed by atoms with Crippen LogP contribution in [0.15, 0.2) is 0 Å². The van der Waals surface area contributed by atoms with E-state index in [2.05, 4.69) is 10.6 Å². The smallest absolute Gasteiger partial charge is 0.315 e. The Kier molecular flexibility index (Phi) is 5.08. The number of hydrogen-bond donors (Lipinski definition) is 3. The summed E-state index contributed by atoms with van der Waals surface area (Å²) in [6.07, 6.45) is 4.63. The third-order valence-electron chi connectivity index (χ3n) is 2.94. The first-order valence-corrected chi connectivity index (χ1v) is 5.90. The van der Waals surface area contributed by atoms with E-state index in [0.29, 0.717) is 6.42 Å². The van der Waals surface area contributed by atoms with Crippen LogP contribution in [-0.2, 0) is 4.79 Å². The minimum absolute atomic E-state index is 0.210. The Balaban J connectivity index is 2.19. The van der Waals surface area contributed by atoms with E-state index in [1.165, 1.54) is 6.42 Å². The highest BCUT2D eigenvalue weighted by Gasteiger charge is 2.21. The molecule has 3 N–H and O–H groups in total. The summed E-state index contributed by atoms with van der Waals surface area (Å²) in [5.41, 5.74) is 0. The zero-order chi connectivity index (χ0) is 12.0. The van der Waals surface area contributed by atoms with Gasteiger partial charge in [0.05, 0.1) is 5.92 Å². The second kappa shape index (κ2) is 6.35. The number of aliphatic carboxylic acids is 1. The Hall–Kier alpha value is -1.26. The van der Waals surface area contributed by atoms with Crippen molar-refractivity contribution in [2.24, 2.45) is 5.92 Å². The van der Waals surface area contributed by atoms with Gasteiger partial charge in [0.25, 0.3) is 0 Å². The minimum Gasteiger partial charge on any atom is -0.481 e. The summed E-state index contributed by atoms with van der Waals surface area (Å²) in [4.78, 5) is 22.2. The summed E-state index contributed by atoms with van der Waals surface area (Å²) >= 11 is 0. The zero-order valence-electron chi connectivity index (χ0n) is 9.66. The molecule has 0 aromatic carbocycles. The maximum Gasteiger partial charge on any atom is 0.315 e. The average Bonchev–Trinajstić information content (AvgIpc) is 2.17. The van der Waals surface area contributed by atoms with E-state index < -0.39 is 11.9 Å². The van der Waals surface area contributed by atoms with Gasteiger partial charge in [0.1, 0.15) is 0 Å². The molecule has 1 atom stereocenters. The second-order valence-electron chi connectivity index (χ2n) is 4.31. The highest BCUT2D eigenvalue weighted by Crippen LogP contribution is 2.17. The van der Waals surface area contributed by atoms with Gasteiger partial charge in [-0.15, -0.1) is 0 Å². The molecule has 0 heterocycles. The average molecular weight is 228 g/mol. The number of carbonyl (C=O) groups excluding carboxylic acids is 1. The van der Waals surface area contributed by atoms with Crippen LogP contribution in [0.5, 0.6) is 0 Å². The Morgan fingerprint density at radius 3 is 2.56 bits per heavy atom. The second-order valence-corrected chi connectivity index (χ2v) is 4.31. The molecular formula is C11H20N2O3. The molecule has 92 valence electrons. The van der Waals surface area contributed by atoms with E-state index in [-0.39, 0.29) is 18.6 Å². The normalized spacial score (nSPS) is 17.3. The van der Waals surface area contributed by atoms with Gasteiger partial charge >= 0.3 is 12.0 Å². The molecule has 16 heavy (non-hydrogen) atoms. The monoisotopic (exact) mass is 228 g/mol. The summed E-state index contributed by atoms with van der Waals surface area (Å²) < 4.78 is 0. The Morgan fingerprint density at radius 1 is 1.44 bits per heavy atom. The first-order chi connectivity index (χ1) is 7.63. The summed E-state index contributed by atoms with van der Waals surface area (Å²) in [6, 6.07) is 0.0431.